The van der Waals surface area contributed by atoms with E-state index in [1.807, 2.05) is 30.3 Å². The van der Waals surface area contributed by atoms with E-state index in [4.69, 9.17) is 19.9 Å². The lowest BCUT2D eigenvalue weighted by Crippen LogP contribution is -2.14. The molecule has 0 aliphatic heterocycles. The number of hydrogen-bond donors (Lipinski definition) is 0. The van der Waals surface area contributed by atoms with Gasteiger partial charge >= 0.3 is 0 Å². The molecule has 0 amide bonds. The molecule has 1 aliphatic rings. The van der Waals surface area contributed by atoms with Crippen LogP contribution in [-0.4, -0.2) is 19.9 Å². The van der Waals surface area contributed by atoms with Crippen LogP contribution in [0.25, 0.3) is 112 Å². The van der Waals surface area contributed by atoms with Gasteiger partial charge < -0.3 is 0 Å². The zero-order valence-corrected chi connectivity index (χ0v) is 36.1. The van der Waals surface area contributed by atoms with Crippen molar-refractivity contribution in [3.63, 3.8) is 0 Å². The highest BCUT2D eigenvalue weighted by atomic mass is 15.0. The van der Waals surface area contributed by atoms with E-state index in [9.17, 15) is 0 Å². The minimum atomic E-state index is -0.0573. The molecule has 0 N–H and O–H groups in total. The van der Waals surface area contributed by atoms with Crippen LogP contribution in [0.1, 0.15) is 25.0 Å². The van der Waals surface area contributed by atoms with Crippen LogP contribution < -0.4 is 0 Å². The predicted molar refractivity (Wildman–Crippen MR) is 268 cm³/mol. The van der Waals surface area contributed by atoms with E-state index in [2.05, 4.69) is 202 Å². The second kappa shape index (κ2) is 15.5. The molecule has 0 radical (unpaired) electrons. The zero-order chi connectivity index (χ0) is 43.5. The number of aromatic nitrogens is 4. The fourth-order valence-corrected chi connectivity index (χ4v) is 9.78. The van der Waals surface area contributed by atoms with Crippen LogP contribution in [0.2, 0.25) is 0 Å². The van der Waals surface area contributed by atoms with Gasteiger partial charge in [-0.2, -0.15) is 0 Å². The molecule has 2 heterocycles. The molecule has 4 nitrogen and oxygen atoms in total. The molecule has 4 heteroatoms. The Morgan fingerprint density at radius 3 is 1.45 bits per heavy atom. The Kier molecular flexibility index (Phi) is 9.13. The van der Waals surface area contributed by atoms with Gasteiger partial charge in [-0.3, -0.25) is 0 Å². The molecule has 0 atom stereocenters. The van der Waals surface area contributed by atoms with Crippen molar-refractivity contribution in [2.24, 2.45) is 0 Å². The number of para-hydroxylation sites is 1. The Bertz CT molecular complexity index is 3600. The largest absolute Gasteiger partial charge is 0.247 e. The lowest BCUT2D eigenvalue weighted by atomic mass is 9.81. The van der Waals surface area contributed by atoms with Crippen molar-refractivity contribution in [2.45, 2.75) is 19.3 Å². The van der Waals surface area contributed by atoms with Crippen LogP contribution in [0.5, 0.6) is 0 Å². The normalized spacial score (nSPS) is 12.6. The van der Waals surface area contributed by atoms with Crippen LogP contribution in [-0.2, 0) is 5.41 Å². The molecule has 306 valence electrons. The topological polar surface area (TPSA) is 51.6 Å². The van der Waals surface area contributed by atoms with Crippen molar-refractivity contribution in [1.82, 2.24) is 19.9 Å². The summed E-state index contributed by atoms with van der Waals surface area (Å²) in [5.41, 5.74) is 18.2. The Morgan fingerprint density at radius 2 is 0.754 bits per heavy atom. The third-order valence-corrected chi connectivity index (χ3v) is 13.1. The van der Waals surface area contributed by atoms with Crippen molar-refractivity contribution < 1.29 is 0 Å². The molecule has 0 bridgehead atoms. The molecule has 0 saturated carbocycles. The molecule has 0 fully saturated rings. The first-order valence-corrected chi connectivity index (χ1v) is 22.2. The van der Waals surface area contributed by atoms with Crippen LogP contribution in [0, 0.1) is 0 Å². The minimum absolute atomic E-state index is 0.0573. The minimum Gasteiger partial charge on any atom is -0.247 e. The van der Waals surface area contributed by atoms with Gasteiger partial charge in [0.25, 0.3) is 0 Å². The standard InChI is InChI=1S/C61H42N4/c1-61(2)53-25-11-9-21-49(53)50-36-35-46(38-54(50)61)40-29-33-44(34-30-40)60-64-58(42-17-7-4-8-18-42)63-59(65-60)43-31-27-39(28-32-43)45-19-13-20-47(37-45)48-23-14-24-52-56(48)51-22-10-12-26-55(51)62-57(52)41-15-5-3-6-16-41/h3-38H,1-2H3. The summed E-state index contributed by atoms with van der Waals surface area (Å²) in [7, 11) is 0. The lowest BCUT2D eigenvalue weighted by Gasteiger charge is -2.22. The van der Waals surface area contributed by atoms with Crippen molar-refractivity contribution in [3.05, 3.63) is 230 Å². The predicted octanol–water partition coefficient (Wildman–Crippen LogP) is 15.5. The molecule has 1 aliphatic carbocycles. The first-order chi connectivity index (χ1) is 32.0. The van der Waals surface area contributed by atoms with E-state index < -0.39 is 0 Å². The monoisotopic (exact) mass is 830 g/mol. The van der Waals surface area contributed by atoms with Gasteiger partial charge in [-0.1, -0.05) is 214 Å². The Morgan fingerprint density at radius 1 is 0.292 bits per heavy atom. The van der Waals surface area contributed by atoms with Crippen LogP contribution in [0.4, 0.5) is 0 Å². The fraction of sp³-hybridized carbons (Fsp3) is 0.0492. The molecule has 0 unspecified atom stereocenters. The number of nitrogens with zero attached hydrogens (tertiary/aromatic N) is 4. The Labute approximate surface area is 378 Å². The second-order valence-corrected chi connectivity index (χ2v) is 17.4. The number of fused-ring (bicyclic) bond motifs is 6. The molecule has 11 aromatic rings. The summed E-state index contributed by atoms with van der Waals surface area (Å²) < 4.78 is 0. The molecule has 0 spiro atoms. The molecular formula is C61H42N4. The summed E-state index contributed by atoms with van der Waals surface area (Å²) in [6, 6.07) is 77.4. The Hall–Kier alpha value is -8.34. The maximum absolute atomic E-state index is 5.17. The number of pyridine rings is 1. The number of hydrogen-bond acceptors (Lipinski definition) is 4. The highest BCUT2D eigenvalue weighted by Gasteiger charge is 2.35. The summed E-state index contributed by atoms with van der Waals surface area (Å²) in [6.45, 7) is 4.65. The van der Waals surface area contributed by atoms with Crippen molar-refractivity contribution >= 4 is 21.7 Å². The van der Waals surface area contributed by atoms with Crippen molar-refractivity contribution in [1.29, 1.82) is 0 Å². The molecule has 65 heavy (non-hydrogen) atoms. The van der Waals surface area contributed by atoms with Crippen LogP contribution in [0.3, 0.4) is 0 Å². The molecule has 0 saturated heterocycles. The number of rotatable bonds is 7. The highest BCUT2D eigenvalue weighted by Crippen LogP contribution is 2.49. The van der Waals surface area contributed by atoms with Gasteiger partial charge in [0.05, 0.1) is 11.2 Å². The van der Waals surface area contributed by atoms with Crippen molar-refractivity contribution in [3.8, 4) is 89.9 Å². The summed E-state index contributed by atoms with van der Waals surface area (Å²) in [4.78, 5) is 20.3. The van der Waals surface area contributed by atoms with Gasteiger partial charge in [-0.05, 0) is 73.8 Å². The number of benzene rings is 9. The average molecular weight is 831 g/mol. The average Bonchev–Trinajstić information content (AvgIpc) is 3.61. The van der Waals surface area contributed by atoms with Gasteiger partial charge in [-0.15, -0.1) is 0 Å². The summed E-state index contributed by atoms with van der Waals surface area (Å²) in [5, 5.41) is 3.49. The van der Waals surface area contributed by atoms with E-state index in [1.165, 1.54) is 38.8 Å². The first kappa shape index (κ1) is 38.3. The van der Waals surface area contributed by atoms with Gasteiger partial charge in [0.2, 0.25) is 0 Å². The summed E-state index contributed by atoms with van der Waals surface area (Å²) >= 11 is 0. The highest BCUT2D eigenvalue weighted by molar-refractivity contribution is 6.17. The van der Waals surface area contributed by atoms with Gasteiger partial charge in [0, 0.05) is 43.8 Å². The smallest absolute Gasteiger partial charge is 0.164 e. The van der Waals surface area contributed by atoms with Crippen LogP contribution >= 0.6 is 0 Å². The van der Waals surface area contributed by atoms with Crippen molar-refractivity contribution in [2.75, 3.05) is 0 Å². The molecule has 9 aromatic carbocycles. The first-order valence-electron chi connectivity index (χ1n) is 22.2. The lowest BCUT2D eigenvalue weighted by molar-refractivity contribution is 0.660. The van der Waals surface area contributed by atoms with Gasteiger partial charge in [-0.25, -0.2) is 19.9 Å². The van der Waals surface area contributed by atoms with E-state index >= 15 is 0 Å². The maximum Gasteiger partial charge on any atom is 0.164 e. The van der Waals surface area contributed by atoms with Gasteiger partial charge in [0.15, 0.2) is 17.5 Å². The molecule has 12 rings (SSSR count). The fourth-order valence-electron chi connectivity index (χ4n) is 9.78. The second-order valence-electron chi connectivity index (χ2n) is 17.4. The quantitative estimate of drug-likeness (QED) is 0.150. The molecule has 2 aromatic heterocycles. The van der Waals surface area contributed by atoms with Crippen LogP contribution in [0.15, 0.2) is 218 Å². The van der Waals surface area contributed by atoms with Gasteiger partial charge in [0.1, 0.15) is 0 Å². The van der Waals surface area contributed by atoms with E-state index in [0.717, 1.165) is 66.5 Å². The SMILES string of the molecule is CC1(C)c2ccccc2-c2ccc(-c3ccc(-c4nc(-c5ccccc5)nc(-c5ccc(-c6cccc(-c7cccc8c(-c9ccccc9)nc9ccccc9c78)c6)cc5)n4)cc3)cc21. The summed E-state index contributed by atoms with van der Waals surface area (Å²) in [6.07, 6.45) is 0. The maximum atomic E-state index is 5.17. The van der Waals surface area contributed by atoms with E-state index in [0.29, 0.717) is 17.5 Å². The Balaban J connectivity index is 0.884. The third-order valence-electron chi connectivity index (χ3n) is 13.1. The zero-order valence-electron chi connectivity index (χ0n) is 36.1. The van der Waals surface area contributed by atoms with E-state index in [-0.39, 0.29) is 5.41 Å². The summed E-state index contributed by atoms with van der Waals surface area (Å²) in [5.74, 6) is 1.90. The molecular weight excluding hydrogens is 789 g/mol. The van der Waals surface area contributed by atoms with E-state index in [1.54, 1.807) is 0 Å². The third kappa shape index (κ3) is 6.70.